The zero-order valence-corrected chi connectivity index (χ0v) is 24.5. The zero-order valence-electron chi connectivity index (χ0n) is 24.5. The number of likely N-dealkylation sites (N-methyl/N-ethyl adjacent to an activating group) is 1. The summed E-state index contributed by atoms with van der Waals surface area (Å²) in [5, 5.41) is 13.5. The number of carboxylic acids is 1. The molecule has 0 fully saturated rings. The molecule has 5 N–H and O–H groups in total. The van der Waals surface area contributed by atoms with Gasteiger partial charge in [-0.25, -0.2) is 0 Å². The fourth-order valence-electron chi connectivity index (χ4n) is 5.02. The largest absolute Gasteiger partial charge is 0.496 e. The van der Waals surface area contributed by atoms with Crippen molar-refractivity contribution in [1.82, 2.24) is 9.88 Å². The number of amides is 1. The predicted octanol–water partition coefficient (Wildman–Crippen LogP) is 5.50. The number of nitrogens with two attached hydrogens (primary N) is 1. The molecule has 10 nitrogen and oxygen atoms in total. The van der Waals surface area contributed by atoms with Crippen molar-refractivity contribution < 1.29 is 33.0 Å². The summed E-state index contributed by atoms with van der Waals surface area (Å²) in [4.78, 5) is 41.6. The summed E-state index contributed by atoms with van der Waals surface area (Å²) in [7, 11) is 3.01. The maximum Gasteiger partial charge on any atom is 0.387 e. The molecule has 4 aromatic rings. The zero-order chi connectivity index (χ0) is 32.0. The van der Waals surface area contributed by atoms with Crippen molar-refractivity contribution in [3.8, 4) is 11.5 Å². The normalized spacial score (nSPS) is 12.5. The van der Waals surface area contributed by atoms with Crippen LogP contribution in [0.5, 0.6) is 11.5 Å². The van der Waals surface area contributed by atoms with E-state index in [1.807, 2.05) is 6.92 Å². The number of nitrogens with zero attached hydrogens (tertiary/aromatic N) is 1. The summed E-state index contributed by atoms with van der Waals surface area (Å²) < 4.78 is 36.4. The van der Waals surface area contributed by atoms with Crippen molar-refractivity contribution in [3.05, 3.63) is 93.9 Å². The minimum Gasteiger partial charge on any atom is -0.496 e. The molecule has 0 saturated heterocycles. The Labute approximate surface area is 252 Å². The van der Waals surface area contributed by atoms with Crippen LogP contribution in [-0.2, 0) is 16.1 Å². The number of fused-ring (bicyclic) bond motifs is 1. The van der Waals surface area contributed by atoms with Crippen LogP contribution < -0.4 is 26.1 Å². The Hall–Kier alpha value is -5.13. The molecule has 232 valence electrons. The average Bonchev–Trinajstić information content (AvgIpc) is 2.99. The SMILES string of the molecule is COc1cc(C(Nc2ccc3cc[nH]c(=O)c3c2)C(=O)N(C)Cc2cc(N)ccc2OC(F)F)ccc1[C@@H](C)CCC(=O)O. The third-order valence-electron chi connectivity index (χ3n) is 7.33. The van der Waals surface area contributed by atoms with Gasteiger partial charge in [0.2, 0.25) is 5.91 Å². The van der Waals surface area contributed by atoms with E-state index in [1.165, 1.54) is 37.3 Å². The highest BCUT2D eigenvalue weighted by Gasteiger charge is 2.27. The molecule has 0 saturated carbocycles. The number of carbonyl (C=O) groups excluding carboxylic acids is 1. The third kappa shape index (κ3) is 7.63. The number of nitrogens with one attached hydrogen (secondary N) is 2. The summed E-state index contributed by atoms with van der Waals surface area (Å²) in [6, 6.07) is 15.4. The number of nitrogen functional groups attached to an aromatic ring is 1. The highest BCUT2D eigenvalue weighted by Crippen LogP contribution is 2.34. The van der Waals surface area contributed by atoms with Crippen LogP contribution in [0.2, 0.25) is 0 Å². The second-order valence-corrected chi connectivity index (χ2v) is 10.5. The molecule has 0 radical (unpaired) electrons. The number of H-pyrrole nitrogens is 1. The number of anilines is 2. The molecule has 0 bridgehead atoms. The van der Waals surface area contributed by atoms with Crippen molar-refractivity contribution in [1.29, 1.82) is 0 Å². The van der Waals surface area contributed by atoms with E-state index >= 15 is 0 Å². The van der Waals surface area contributed by atoms with Crippen molar-refractivity contribution in [2.75, 3.05) is 25.2 Å². The smallest absolute Gasteiger partial charge is 0.387 e. The van der Waals surface area contributed by atoms with Gasteiger partial charge in [-0.05, 0) is 71.3 Å². The second-order valence-electron chi connectivity index (χ2n) is 10.5. The molecular formula is C32H34F2N4O6. The Bertz CT molecular complexity index is 1710. The lowest BCUT2D eigenvalue weighted by Gasteiger charge is -2.27. The van der Waals surface area contributed by atoms with E-state index in [0.717, 1.165) is 5.56 Å². The molecule has 2 atom stereocenters. The van der Waals surface area contributed by atoms with E-state index in [4.69, 9.17) is 15.6 Å². The lowest BCUT2D eigenvalue weighted by atomic mass is 9.92. The quantitative estimate of drug-likeness (QED) is 0.146. The molecule has 4 rings (SSSR count). The molecular weight excluding hydrogens is 574 g/mol. The number of pyridine rings is 1. The number of hydrogen-bond donors (Lipinski definition) is 4. The molecule has 3 aromatic carbocycles. The van der Waals surface area contributed by atoms with Gasteiger partial charge in [0.1, 0.15) is 17.5 Å². The molecule has 1 heterocycles. The van der Waals surface area contributed by atoms with Crippen molar-refractivity contribution in [3.63, 3.8) is 0 Å². The number of aliphatic carboxylic acids is 1. The van der Waals surface area contributed by atoms with Crippen LogP contribution >= 0.6 is 0 Å². The average molecular weight is 609 g/mol. The Morgan fingerprint density at radius 1 is 1.07 bits per heavy atom. The van der Waals surface area contributed by atoms with E-state index < -0.39 is 24.5 Å². The first-order valence-corrected chi connectivity index (χ1v) is 13.8. The number of carbonyl (C=O) groups is 2. The van der Waals surface area contributed by atoms with Gasteiger partial charge in [0.25, 0.3) is 5.56 Å². The van der Waals surface area contributed by atoms with Gasteiger partial charge in [0.05, 0.1) is 7.11 Å². The van der Waals surface area contributed by atoms with E-state index in [2.05, 4.69) is 15.0 Å². The molecule has 0 spiro atoms. The van der Waals surface area contributed by atoms with E-state index in [0.29, 0.717) is 39.9 Å². The highest BCUT2D eigenvalue weighted by atomic mass is 19.3. The highest BCUT2D eigenvalue weighted by molar-refractivity contribution is 5.89. The number of aromatic nitrogens is 1. The summed E-state index contributed by atoms with van der Waals surface area (Å²) in [5.74, 6) is -1.09. The van der Waals surface area contributed by atoms with Gasteiger partial charge in [-0.1, -0.05) is 25.1 Å². The van der Waals surface area contributed by atoms with Crippen molar-refractivity contribution in [2.24, 2.45) is 0 Å². The van der Waals surface area contributed by atoms with Crippen molar-refractivity contribution >= 4 is 34.0 Å². The number of benzene rings is 3. The molecule has 1 aromatic heterocycles. The Morgan fingerprint density at radius 3 is 2.55 bits per heavy atom. The van der Waals surface area contributed by atoms with Crippen LogP contribution in [-0.4, -0.2) is 47.6 Å². The van der Waals surface area contributed by atoms with Crippen molar-refractivity contribution in [2.45, 2.75) is 44.9 Å². The van der Waals surface area contributed by atoms with Gasteiger partial charge in [-0.3, -0.25) is 14.4 Å². The van der Waals surface area contributed by atoms with Crippen LogP contribution in [0.1, 0.15) is 48.4 Å². The number of carboxylic acid groups (broad SMARTS) is 1. The molecule has 44 heavy (non-hydrogen) atoms. The van der Waals surface area contributed by atoms with Crippen LogP contribution in [0.4, 0.5) is 20.2 Å². The number of alkyl halides is 2. The lowest BCUT2D eigenvalue weighted by Crippen LogP contribution is -2.35. The fraction of sp³-hybridized carbons (Fsp3) is 0.281. The first-order valence-electron chi connectivity index (χ1n) is 13.8. The summed E-state index contributed by atoms with van der Waals surface area (Å²) in [6.45, 7) is -1.26. The molecule has 12 heteroatoms. The van der Waals surface area contributed by atoms with Gasteiger partial charge >= 0.3 is 12.6 Å². The second kappa shape index (κ2) is 13.9. The Balaban J connectivity index is 1.72. The molecule has 0 aliphatic carbocycles. The monoisotopic (exact) mass is 608 g/mol. The van der Waals surface area contributed by atoms with Gasteiger partial charge in [0, 0.05) is 48.5 Å². The number of aromatic amines is 1. The Kier molecular flexibility index (Phi) is 10.0. The number of halogens is 2. The third-order valence-corrected chi connectivity index (χ3v) is 7.33. The van der Waals surface area contributed by atoms with E-state index in [9.17, 15) is 23.2 Å². The maximum absolute atomic E-state index is 14.1. The molecule has 1 unspecified atom stereocenters. The number of rotatable bonds is 13. The van der Waals surface area contributed by atoms with Gasteiger partial charge < -0.3 is 35.5 Å². The summed E-state index contributed by atoms with van der Waals surface area (Å²) in [5.41, 5.74) is 8.00. The first-order chi connectivity index (χ1) is 21.0. The lowest BCUT2D eigenvalue weighted by molar-refractivity contribution is -0.137. The van der Waals surface area contributed by atoms with Gasteiger partial charge in [-0.2, -0.15) is 8.78 Å². The molecule has 1 amide bonds. The predicted molar refractivity (Wildman–Crippen MR) is 163 cm³/mol. The number of methoxy groups -OCH3 is 1. The number of ether oxygens (including phenoxy) is 2. The fourth-order valence-corrected chi connectivity index (χ4v) is 5.02. The Morgan fingerprint density at radius 2 is 1.84 bits per heavy atom. The van der Waals surface area contributed by atoms with Crippen LogP contribution in [0, 0.1) is 0 Å². The van der Waals surface area contributed by atoms with Crippen LogP contribution in [0.25, 0.3) is 10.8 Å². The summed E-state index contributed by atoms with van der Waals surface area (Å²) >= 11 is 0. The van der Waals surface area contributed by atoms with Gasteiger partial charge in [-0.15, -0.1) is 0 Å². The van der Waals surface area contributed by atoms with E-state index in [1.54, 1.807) is 48.7 Å². The first kappa shape index (κ1) is 31.8. The standard InChI is InChI=1S/C32H34F2N4O6/c1-18(4-11-28(39)40)24-9-6-20(15-27(24)43-3)29(37-23-8-5-19-12-13-36-30(41)25(19)16-23)31(42)38(2)17-21-14-22(35)7-10-26(21)44-32(33)34/h5-10,12-16,18,29,32,37H,4,11,17,35H2,1-3H3,(H,36,41)(H,39,40)/t18-,29?/m0/s1. The van der Waals surface area contributed by atoms with E-state index in [-0.39, 0.29) is 35.8 Å². The minimum atomic E-state index is -3.06. The van der Waals surface area contributed by atoms with Gasteiger partial charge in [0.15, 0.2) is 0 Å². The number of hydrogen-bond acceptors (Lipinski definition) is 7. The maximum atomic E-state index is 14.1. The van der Waals surface area contributed by atoms with Crippen LogP contribution in [0.3, 0.4) is 0 Å². The topological polar surface area (TPSA) is 147 Å². The molecule has 0 aliphatic heterocycles. The molecule has 0 aliphatic rings. The minimum absolute atomic E-state index is 0.0120. The van der Waals surface area contributed by atoms with Crippen LogP contribution in [0.15, 0.2) is 71.7 Å². The summed E-state index contributed by atoms with van der Waals surface area (Å²) in [6.07, 6.45) is 1.93.